The molecule has 248 valence electrons. The SMILES string of the molecule is COc1ccc(OC(=O)Nc2ccc(-c3ccc(O)c4c3C[C@H]3C[C@H]5[C@H](N(C)C)C(O)=C(C(N)=O)C(=O)[C@@]5(O)C(O)=C3C4=O)cc2)cc1. The molecule has 13 nitrogen and oxygen atoms in total. The van der Waals surface area contributed by atoms with Crippen LogP contribution in [0.5, 0.6) is 17.2 Å². The van der Waals surface area contributed by atoms with Crippen molar-refractivity contribution in [1.29, 1.82) is 0 Å². The van der Waals surface area contributed by atoms with Crippen molar-refractivity contribution in [3.05, 3.63) is 94.5 Å². The number of rotatable bonds is 6. The molecule has 3 aromatic rings. The molecule has 0 spiro atoms. The monoisotopic (exact) mass is 655 g/mol. The Bertz CT molecular complexity index is 1930. The minimum Gasteiger partial charge on any atom is -0.510 e. The van der Waals surface area contributed by atoms with Crippen LogP contribution in [-0.2, 0) is 16.0 Å². The molecule has 0 radical (unpaired) electrons. The van der Waals surface area contributed by atoms with Crippen LogP contribution in [0, 0.1) is 11.8 Å². The molecule has 0 aromatic heterocycles. The number of hydrogen-bond acceptors (Lipinski definition) is 11. The second-order valence-electron chi connectivity index (χ2n) is 12.2. The van der Waals surface area contributed by atoms with Gasteiger partial charge in [0.15, 0.2) is 11.4 Å². The number of aliphatic hydroxyl groups is 3. The lowest BCUT2D eigenvalue weighted by molar-refractivity contribution is -0.148. The maximum atomic E-state index is 14.0. The van der Waals surface area contributed by atoms with Crippen LogP contribution >= 0.6 is 0 Å². The summed E-state index contributed by atoms with van der Waals surface area (Å²) in [7, 11) is 4.67. The van der Waals surface area contributed by atoms with Crippen LogP contribution < -0.4 is 20.5 Å². The minimum absolute atomic E-state index is 0.0278. The van der Waals surface area contributed by atoms with Crippen LogP contribution in [0.2, 0.25) is 0 Å². The Morgan fingerprint density at radius 3 is 2.21 bits per heavy atom. The van der Waals surface area contributed by atoms with E-state index in [4.69, 9.17) is 15.2 Å². The first-order valence-corrected chi connectivity index (χ1v) is 15.0. The van der Waals surface area contributed by atoms with Gasteiger partial charge in [-0.25, -0.2) is 4.79 Å². The van der Waals surface area contributed by atoms with E-state index in [9.17, 15) is 39.6 Å². The van der Waals surface area contributed by atoms with Gasteiger partial charge in [-0.3, -0.25) is 24.6 Å². The molecule has 0 fully saturated rings. The first-order valence-electron chi connectivity index (χ1n) is 15.0. The summed E-state index contributed by atoms with van der Waals surface area (Å²) in [6, 6.07) is 15.1. The Balaban J connectivity index is 1.33. The first kappa shape index (κ1) is 32.3. The quantitative estimate of drug-likeness (QED) is 0.212. The molecular formula is C35H33N3O10. The van der Waals surface area contributed by atoms with E-state index in [1.165, 1.54) is 18.1 Å². The van der Waals surface area contributed by atoms with Gasteiger partial charge in [-0.05, 0) is 92.0 Å². The number of aromatic hydroxyl groups is 1. The highest BCUT2D eigenvalue weighted by Crippen LogP contribution is 2.53. The van der Waals surface area contributed by atoms with E-state index in [0.717, 1.165) is 0 Å². The number of hydrogen-bond donors (Lipinski definition) is 6. The van der Waals surface area contributed by atoms with Gasteiger partial charge in [0.2, 0.25) is 5.78 Å². The van der Waals surface area contributed by atoms with Gasteiger partial charge in [-0.15, -0.1) is 0 Å². The third-order valence-electron chi connectivity index (χ3n) is 9.32. The summed E-state index contributed by atoms with van der Waals surface area (Å²) in [4.78, 5) is 53.6. The molecular weight excluding hydrogens is 622 g/mol. The van der Waals surface area contributed by atoms with Crippen LogP contribution in [0.4, 0.5) is 10.5 Å². The Morgan fingerprint density at radius 1 is 0.958 bits per heavy atom. The Morgan fingerprint density at radius 2 is 1.60 bits per heavy atom. The predicted molar refractivity (Wildman–Crippen MR) is 172 cm³/mol. The summed E-state index contributed by atoms with van der Waals surface area (Å²) in [6.07, 6.45) is -0.607. The number of aliphatic hydroxyl groups excluding tert-OH is 2. The fourth-order valence-electron chi connectivity index (χ4n) is 7.15. The number of likely N-dealkylation sites (N-methyl/N-ethyl adjacent to an activating group) is 1. The Kier molecular flexibility index (Phi) is 7.97. The van der Waals surface area contributed by atoms with Crippen molar-refractivity contribution in [3.63, 3.8) is 0 Å². The summed E-state index contributed by atoms with van der Waals surface area (Å²) < 4.78 is 10.4. The molecule has 0 unspecified atom stereocenters. The number of benzene rings is 3. The van der Waals surface area contributed by atoms with Crippen LogP contribution in [0.15, 0.2) is 83.3 Å². The number of nitrogens with two attached hydrogens (primary N) is 1. The zero-order valence-corrected chi connectivity index (χ0v) is 26.2. The third kappa shape index (κ3) is 5.04. The average molecular weight is 656 g/mol. The fraction of sp³-hybridized carbons (Fsp3) is 0.257. The van der Waals surface area contributed by atoms with Gasteiger partial charge in [0.25, 0.3) is 5.91 Å². The summed E-state index contributed by atoms with van der Waals surface area (Å²) in [5, 5.41) is 47.7. The highest BCUT2D eigenvalue weighted by Gasteiger charge is 2.63. The largest absolute Gasteiger partial charge is 0.510 e. The normalized spacial score (nSPS) is 23.3. The number of nitrogens with one attached hydrogen (secondary N) is 1. The average Bonchev–Trinajstić information content (AvgIpc) is 3.03. The van der Waals surface area contributed by atoms with Crippen molar-refractivity contribution in [2.75, 3.05) is 26.5 Å². The second-order valence-corrected chi connectivity index (χ2v) is 12.2. The number of ketones is 2. The number of methoxy groups -OCH3 is 1. The van der Waals surface area contributed by atoms with Crippen LogP contribution in [0.25, 0.3) is 11.1 Å². The number of primary amides is 1. The molecule has 3 aromatic carbocycles. The van der Waals surface area contributed by atoms with E-state index in [1.807, 2.05) is 0 Å². The maximum Gasteiger partial charge on any atom is 0.417 e. The number of carbonyl (C=O) groups is 4. The van der Waals surface area contributed by atoms with Crippen molar-refractivity contribution in [1.82, 2.24) is 4.90 Å². The van der Waals surface area contributed by atoms with Gasteiger partial charge in [-0.1, -0.05) is 18.2 Å². The van der Waals surface area contributed by atoms with E-state index in [0.29, 0.717) is 33.9 Å². The smallest absolute Gasteiger partial charge is 0.417 e. The van der Waals surface area contributed by atoms with E-state index < -0.39 is 64.1 Å². The van der Waals surface area contributed by atoms with E-state index in [1.54, 1.807) is 68.7 Å². The molecule has 0 heterocycles. The number of carbonyl (C=O) groups excluding carboxylic acids is 4. The number of phenols is 1. The van der Waals surface area contributed by atoms with Gasteiger partial charge in [-0.2, -0.15) is 0 Å². The summed E-state index contributed by atoms with van der Waals surface area (Å²) in [5.74, 6) is -6.19. The highest BCUT2D eigenvalue weighted by molar-refractivity contribution is 6.25. The first-order chi connectivity index (χ1) is 22.8. The lowest BCUT2D eigenvalue weighted by Gasteiger charge is -2.50. The van der Waals surface area contributed by atoms with Gasteiger partial charge in [0.1, 0.15) is 34.3 Å². The number of allylic oxidation sites excluding steroid dienone is 1. The van der Waals surface area contributed by atoms with Crippen molar-refractivity contribution in [3.8, 4) is 28.4 Å². The zero-order chi connectivity index (χ0) is 34.7. The number of fused-ring (bicyclic) bond motifs is 3. The summed E-state index contributed by atoms with van der Waals surface area (Å²) >= 11 is 0. The summed E-state index contributed by atoms with van der Waals surface area (Å²) in [6.45, 7) is 0. The van der Waals surface area contributed by atoms with Crippen LogP contribution in [-0.4, -0.2) is 81.7 Å². The van der Waals surface area contributed by atoms with Gasteiger partial charge in [0, 0.05) is 17.2 Å². The van der Waals surface area contributed by atoms with E-state index >= 15 is 0 Å². The molecule has 0 aliphatic heterocycles. The van der Waals surface area contributed by atoms with Crippen LogP contribution in [0.3, 0.4) is 0 Å². The molecule has 6 rings (SSSR count). The zero-order valence-electron chi connectivity index (χ0n) is 26.2. The topological polar surface area (TPSA) is 209 Å². The predicted octanol–water partition coefficient (Wildman–Crippen LogP) is 3.41. The Hall–Kier alpha value is -5.66. The number of phenolic OH excluding ortho intramolecular Hbond substituents is 1. The van der Waals surface area contributed by atoms with Crippen molar-refractivity contribution >= 4 is 29.3 Å². The molecule has 4 atom stereocenters. The second kappa shape index (κ2) is 11.9. The summed E-state index contributed by atoms with van der Waals surface area (Å²) in [5.41, 5.74) is 3.65. The molecule has 7 N–H and O–H groups in total. The van der Waals surface area contributed by atoms with E-state index in [2.05, 4.69) is 5.32 Å². The molecule has 0 saturated heterocycles. The molecule has 13 heteroatoms. The van der Waals surface area contributed by atoms with Crippen LogP contribution in [0.1, 0.15) is 22.3 Å². The lowest BCUT2D eigenvalue weighted by Crippen LogP contribution is -2.63. The van der Waals surface area contributed by atoms with Gasteiger partial charge < -0.3 is 35.6 Å². The number of anilines is 1. The molecule has 3 aliphatic carbocycles. The number of ether oxygens (including phenoxy) is 2. The standard InChI is InChI=1S/C35H33N3O10/c1-38(2)28-23-15-17-14-22-21(16-4-6-18(7-5-16)37-34(45)48-20-10-8-19(47-3)9-11-20)12-13-24(39)26(22)29(40)25(17)31(42)35(23,46)32(43)27(30(28)41)33(36)44/h4-13,17,23,28,39,41-42,46H,14-15H2,1-3H3,(H2,36,44)(H,37,45)/t17-,23-,28-,35-/m0/s1. The molecule has 48 heavy (non-hydrogen) atoms. The maximum absolute atomic E-state index is 14.0. The number of amides is 2. The molecule has 3 aliphatic rings. The minimum atomic E-state index is -2.71. The number of nitrogens with zero attached hydrogens (tertiary/aromatic N) is 1. The molecule has 0 saturated carbocycles. The fourth-order valence-corrected chi connectivity index (χ4v) is 7.15. The van der Waals surface area contributed by atoms with Gasteiger partial charge >= 0.3 is 6.09 Å². The van der Waals surface area contributed by atoms with Crippen molar-refractivity contribution < 1.29 is 49.1 Å². The van der Waals surface area contributed by atoms with E-state index in [-0.39, 0.29) is 29.7 Å². The third-order valence-corrected chi connectivity index (χ3v) is 9.32. The van der Waals surface area contributed by atoms with Gasteiger partial charge in [0.05, 0.1) is 18.7 Å². The highest BCUT2D eigenvalue weighted by atomic mass is 16.6. The molecule has 2 amide bonds. The van der Waals surface area contributed by atoms with Crippen molar-refractivity contribution in [2.24, 2.45) is 17.6 Å². The van der Waals surface area contributed by atoms with Crippen molar-refractivity contribution in [2.45, 2.75) is 24.5 Å². The number of Topliss-reactive ketones (excluding diaryl/α,β-unsaturated/α-hetero) is 2. The Labute approximate surface area is 274 Å². The molecule has 0 bridgehead atoms. The lowest BCUT2D eigenvalue weighted by atomic mass is 9.58.